The normalized spacial score (nSPS) is 15.0. The van der Waals surface area contributed by atoms with E-state index in [1.807, 2.05) is 0 Å². The second-order valence-corrected chi connectivity index (χ2v) is 3.42. The van der Waals surface area contributed by atoms with E-state index < -0.39 is 6.03 Å². The van der Waals surface area contributed by atoms with E-state index in [2.05, 4.69) is 31.4 Å². The van der Waals surface area contributed by atoms with Crippen molar-refractivity contribution < 1.29 is 4.79 Å². The summed E-state index contributed by atoms with van der Waals surface area (Å²) in [7, 11) is 0. The summed E-state index contributed by atoms with van der Waals surface area (Å²) in [6.07, 6.45) is 1.16. The van der Waals surface area contributed by atoms with Crippen molar-refractivity contribution in [3.05, 3.63) is 0 Å². The van der Waals surface area contributed by atoms with Crippen LogP contribution >= 0.6 is 0 Å². The first-order valence-corrected chi connectivity index (χ1v) is 4.84. The van der Waals surface area contributed by atoms with Gasteiger partial charge in [-0.05, 0) is 12.8 Å². The van der Waals surface area contributed by atoms with Crippen molar-refractivity contribution in [2.24, 2.45) is 11.7 Å². The third kappa shape index (κ3) is 6.40. The van der Waals surface area contributed by atoms with Gasteiger partial charge in [-0.15, -0.1) is 0 Å². The van der Waals surface area contributed by atoms with Crippen LogP contribution in [0, 0.1) is 5.92 Å². The van der Waals surface area contributed by atoms with Crippen molar-refractivity contribution in [3.63, 3.8) is 0 Å². The lowest BCUT2D eigenvalue weighted by molar-refractivity contribution is 0.248. The highest BCUT2D eigenvalue weighted by Crippen LogP contribution is 2.05. The van der Waals surface area contributed by atoms with Crippen LogP contribution in [-0.4, -0.2) is 25.2 Å². The summed E-state index contributed by atoms with van der Waals surface area (Å²) in [5, 5.41) is 5.85. The summed E-state index contributed by atoms with van der Waals surface area (Å²) in [5.41, 5.74) is 4.92. The Bertz CT molecular complexity index is 150. The molecule has 0 heterocycles. The molecule has 4 nitrogen and oxygen atoms in total. The molecule has 0 bridgehead atoms. The zero-order valence-electron chi connectivity index (χ0n) is 8.76. The fourth-order valence-corrected chi connectivity index (χ4v) is 1.04. The summed E-state index contributed by atoms with van der Waals surface area (Å²) in [6, 6.07) is 0.0256. The lowest BCUT2D eigenvalue weighted by Gasteiger charge is -2.19. The Kier molecular flexibility index (Phi) is 6.32. The minimum absolute atomic E-state index is 0.460. The molecule has 0 aliphatic rings. The molecule has 2 amide bonds. The van der Waals surface area contributed by atoms with Gasteiger partial charge in [0.25, 0.3) is 0 Å². The van der Waals surface area contributed by atoms with Gasteiger partial charge < -0.3 is 16.4 Å². The van der Waals surface area contributed by atoms with Gasteiger partial charge in [0.1, 0.15) is 0 Å². The summed E-state index contributed by atoms with van der Waals surface area (Å²) in [4.78, 5) is 10.3. The molecular weight excluding hydrogens is 166 g/mol. The number of nitrogens with one attached hydrogen (secondary N) is 2. The van der Waals surface area contributed by atoms with Gasteiger partial charge in [-0.1, -0.05) is 20.3 Å². The van der Waals surface area contributed by atoms with E-state index in [1.165, 1.54) is 0 Å². The SMILES string of the molecule is CCC(C)C(C)NCCNC(N)=O. The number of nitrogens with two attached hydrogens (primary N) is 1. The van der Waals surface area contributed by atoms with Crippen LogP contribution in [0.4, 0.5) is 4.79 Å². The van der Waals surface area contributed by atoms with Crippen LogP contribution in [0.25, 0.3) is 0 Å². The highest BCUT2D eigenvalue weighted by molar-refractivity contribution is 5.71. The molecule has 2 unspecified atom stereocenters. The fourth-order valence-electron chi connectivity index (χ4n) is 1.04. The van der Waals surface area contributed by atoms with Gasteiger partial charge >= 0.3 is 6.03 Å². The van der Waals surface area contributed by atoms with E-state index in [9.17, 15) is 4.79 Å². The molecule has 2 atom stereocenters. The molecule has 0 spiro atoms. The van der Waals surface area contributed by atoms with Crippen LogP contribution in [-0.2, 0) is 0 Å². The summed E-state index contributed by atoms with van der Waals surface area (Å²) in [5.74, 6) is 0.661. The van der Waals surface area contributed by atoms with Crippen molar-refractivity contribution in [2.75, 3.05) is 13.1 Å². The summed E-state index contributed by atoms with van der Waals surface area (Å²) >= 11 is 0. The predicted octanol–water partition coefficient (Wildman–Crippen LogP) is 0.679. The van der Waals surface area contributed by atoms with Crippen molar-refractivity contribution >= 4 is 6.03 Å². The number of primary amides is 1. The molecular formula is C9H21N3O. The molecule has 0 aromatic heterocycles. The standard InChI is InChI=1S/C9H21N3O/c1-4-7(2)8(3)11-5-6-12-9(10)13/h7-8,11H,4-6H2,1-3H3,(H3,10,12,13). The average molecular weight is 187 g/mol. The molecule has 0 saturated carbocycles. The van der Waals surface area contributed by atoms with Gasteiger partial charge in [0.2, 0.25) is 0 Å². The highest BCUT2D eigenvalue weighted by atomic mass is 16.2. The Labute approximate surface area is 80.3 Å². The van der Waals surface area contributed by atoms with E-state index in [4.69, 9.17) is 5.73 Å². The number of urea groups is 1. The zero-order chi connectivity index (χ0) is 10.3. The van der Waals surface area contributed by atoms with Crippen LogP contribution in [0.1, 0.15) is 27.2 Å². The maximum Gasteiger partial charge on any atom is 0.312 e. The molecule has 0 aromatic rings. The lowest BCUT2D eigenvalue weighted by Crippen LogP contribution is -2.40. The topological polar surface area (TPSA) is 67.2 Å². The Morgan fingerprint density at radius 3 is 2.46 bits per heavy atom. The number of rotatable bonds is 6. The van der Waals surface area contributed by atoms with Crippen molar-refractivity contribution in [1.82, 2.24) is 10.6 Å². The Balaban J connectivity index is 3.36. The number of amides is 2. The van der Waals surface area contributed by atoms with E-state index >= 15 is 0 Å². The maximum absolute atomic E-state index is 10.3. The van der Waals surface area contributed by atoms with Crippen LogP contribution in [0.5, 0.6) is 0 Å². The Morgan fingerprint density at radius 1 is 1.38 bits per heavy atom. The zero-order valence-corrected chi connectivity index (χ0v) is 8.76. The first kappa shape index (κ1) is 12.2. The molecule has 4 heteroatoms. The minimum atomic E-state index is -0.460. The summed E-state index contributed by atoms with van der Waals surface area (Å²) in [6.45, 7) is 7.90. The monoisotopic (exact) mass is 187 g/mol. The maximum atomic E-state index is 10.3. The first-order chi connectivity index (χ1) is 6.07. The number of carbonyl (C=O) groups is 1. The number of hydrogen-bond donors (Lipinski definition) is 3. The van der Waals surface area contributed by atoms with Crippen molar-refractivity contribution in [3.8, 4) is 0 Å². The third-order valence-electron chi connectivity index (χ3n) is 2.39. The quantitative estimate of drug-likeness (QED) is 0.535. The molecule has 0 radical (unpaired) electrons. The molecule has 0 aliphatic carbocycles. The second kappa shape index (κ2) is 6.71. The van der Waals surface area contributed by atoms with Gasteiger partial charge in [-0.25, -0.2) is 4.79 Å². The average Bonchev–Trinajstić information content (AvgIpc) is 2.10. The lowest BCUT2D eigenvalue weighted by atomic mass is 10.0. The van der Waals surface area contributed by atoms with Crippen LogP contribution in [0.3, 0.4) is 0 Å². The van der Waals surface area contributed by atoms with Gasteiger partial charge in [-0.2, -0.15) is 0 Å². The summed E-state index contributed by atoms with van der Waals surface area (Å²) < 4.78 is 0. The van der Waals surface area contributed by atoms with E-state index in [1.54, 1.807) is 0 Å². The predicted molar refractivity (Wildman–Crippen MR) is 54.5 cm³/mol. The Hall–Kier alpha value is -0.770. The molecule has 13 heavy (non-hydrogen) atoms. The molecule has 4 N–H and O–H groups in total. The highest BCUT2D eigenvalue weighted by Gasteiger charge is 2.08. The van der Waals surface area contributed by atoms with Gasteiger partial charge in [-0.3, -0.25) is 0 Å². The molecule has 0 rings (SSSR count). The molecule has 0 fully saturated rings. The van der Waals surface area contributed by atoms with Crippen LogP contribution < -0.4 is 16.4 Å². The largest absolute Gasteiger partial charge is 0.352 e. The number of hydrogen-bond acceptors (Lipinski definition) is 2. The molecule has 0 saturated heterocycles. The first-order valence-electron chi connectivity index (χ1n) is 4.84. The van der Waals surface area contributed by atoms with Crippen molar-refractivity contribution in [2.45, 2.75) is 33.2 Å². The van der Waals surface area contributed by atoms with Crippen molar-refractivity contribution in [1.29, 1.82) is 0 Å². The van der Waals surface area contributed by atoms with E-state index in [-0.39, 0.29) is 0 Å². The van der Waals surface area contributed by atoms with Crippen LogP contribution in [0.15, 0.2) is 0 Å². The van der Waals surface area contributed by atoms with E-state index in [0.717, 1.165) is 13.0 Å². The minimum Gasteiger partial charge on any atom is -0.352 e. The Morgan fingerprint density at radius 2 is 2.00 bits per heavy atom. The third-order valence-corrected chi connectivity index (χ3v) is 2.39. The molecule has 0 aromatic carbocycles. The fraction of sp³-hybridized carbons (Fsp3) is 0.889. The van der Waals surface area contributed by atoms with Gasteiger partial charge in [0.15, 0.2) is 0 Å². The van der Waals surface area contributed by atoms with E-state index in [0.29, 0.717) is 18.5 Å². The van der Waals surface area contributed by atoms with Gasteiger partial charge in [0, 0.05) is 19.1 Å². The number of carbonyl (C=O) groups excluding carboxylic acids is 1. The van der Waals surface area contributed by atoms with Crippen LogP contribution in [0.2, 0.25) is 0 Å². The smallest absolute Gasteiger partial charge is 0.312 e. The molecule has 0 aliphatic heterocycles. The molecule has 78 valence electrons. The second-order valence-electron chi connectivity index (χ2n) is 3.42. The van der Waals surface area contributed by atoms with Gasteiger partial charge in [0.05, 0.1) is 0 Å².